The highest BCUT2D eigenvalue weighted by Gasteiger charge is 2.15. The Morgan fingerprint density at radius 3 is 2.73 bits per heavy atom. The first-order valence-electron chi connectivity index (χ1n) is 4.73. The number of rotatable bonds is 5. The number of carboxylic acids is 1. The highest BCUT2D eigenvalue weighted by Crippen LogP contribution is 2.17. The Kier molecular flexibility index (Phi) is 4.78. The van der Waals surface area contributed by atoms with Gasteiger partial charge in [0.1, 0.15) is 0 Å². The number of benzene rings is 1. The van der Waals surface area contributed by atoms with Crippen LogP contribution in [0.4, 0.5) is 0 Å². The molecule has 1 aromatic rings. The number of hydrogen-bond acceptors (Lipinski definition) is 2. The summed E-state index contributed by atoms with van der Waals surface area (Å²) in [7, 11) is 0. The monoisotopic (exact) mass is 272 g/mol. The molecule has 15 heavy (non-hydrogen) atoms. The summed E-state index contributed by atoms with van der Waals surface area (Å²) in [5.74, 6) is -0.912. The maximum atomic E-state index is 10.7. The van der Waals surface area contributed by atoms with Gasteiger partial charge in [0, 0.05) is 4.47 Å². The molecule has 0 aliphatic heterocycles. The summed E-state index contributed by atoms with van der Waals surface area (Å²) in [6.45, 7) is 2.10. The summed E-state index contributed by atoms with van der Waals surface area (Å²) in [6, 6.07) is 7.60. The molecule has 0 aliphatic carbocycles. The molecule has 0 heterocycles. The molecule has 0 aliphatic rings. The van der Waals surface area contributed by atoms with Crippen LogP contribution in [0.15, 0.2) is 28.7 Å². The fourth-order valence-corrected chi connectivity index (χ4v) is 1.57. The minimum atomic E-state index is -0.912. The van der Waals surface area contributed by atoms with Gasteiger partial charge in [-0.2, -0.15) is 0 Å². The largest absolute Gasteiger partial charge is 0.479 e. The minimum absolute atomic E-state index is 0.312. The Morgan fingerprint density at radius 2 is 2.20 bits per heavy atom. The number of carboxylic acid groups (broad SMARTS) is 1. The molecule has 4 heteroatoms. The van der Waals surface area contributed by atoms with Crippen molar-refractivity contribution in [2.45, 2.75) is 26.1 Å². The fraction of sp³-hybridized carbons (Fsp3) is 0.364. The average molecular weight is 273 g/mol. The van der Waals surface area contributed by atoms with Gasteiger partial charge in [-0.1, -0.05) is 41.1 Å². The van der Waals surface area contributed by atoms with Gasteiger partial charge in [-0.15, -0.1) is 0 Å². The van der Waals surface area contributed by atoms with Gasteiger partial charge in [-0.25, -0.2) is 4.79 Å². The number of carbonyl (C=O) groups is 1. The van der Waals surface area contributed by atoms with Crippen LogP contribution in [0.3, 0.4) is 0 Å². The van der Waals surface area contributed by atoms with Crippen LogP contribution in [0.25, 0.3) is 0 Å². The van der Waals surface area contributed by atoms with E-state index in [4.69, 9.17) is 9.84 Å². The van der Waals surface area contributed by atoms with Gasteiger partial charge >= 0.3 is 5.97 Å². The van der Waals surface area contributed by atoms with Crippen LogP contribution in [0, 0.1) is 0 Å². The van der Waals surface area contributed by atoms with E-state index in [1.165, 1.54) is 0 Å². The summed E-state index contributed by atoms with van der Waals surface area (Å²) in [4.78, 5) is 10.7. The van der Waals surface area contributed by atoms with E-state index in [0.717, 1.165) is 10.0 Å². The Hall–Kier alpha value is -0.870. The zero-order valence-corrected chi connectivity index (χ0v) is 10.0. The van der Waals surface area contributed by atoms with Crippen LogP contribution in [0.5, 0.6) is 0 Å². The summed E-state index contributed by atoms with van der Waals surface area (Å²) in [5.41, 5.74) is 0.956. The standard InChI is InChI=1S/C11H13BrO3/c1-2-10(11(13)14)15-7-8-5-3-4-6-9(8)12/h3-6,10H,2,7H2,1H3,(H,13,14). The highest BCUT2D eigenvalue weighted by molar-refractivity contribution is 9.10. The molecule has 82 valence electrons. The maximum Gasteiger partial charge on any atom is 0.332 e. The average Bonchev–Trinajstić information content (AvgIpc) is 2.21. The second-order valence-electron chi connectivity index (χ2n) is 3.14. The topological polar surface area (TPSA) is 46.5 Å². The van der Waals surface area contributed by atoms with Crippen LogP contribution >= 0.6 is 15.9 Å². The normalized spacial score (nSPS) is 12.4. The molecule has 1 unspecified atom stereocenters. The van der Waals surface area contributed by atoms with Crippen molar-refractivity contribution in [3.05, 3.63) is 34.3 Å². The Labute approximate surface area is 97.2 Å². The Bertz CT molecular complexity index is 338. The zero-order chi connectivity index (χ0) is 11.3. The van der Waals surface area contributed by atoms with Gasteiger partial charge in [-0.3, -0.25) is 0 Å². The van der Waals surface area contributed by atoms with Crippen molar-refractivity contribution in [3.8, 4) is 0 Å². The highest BCUT2D eigenvalue weighted by atomic mass is 79.9. The first-order chi connectivity index (χ1) is 7.15. The van der Waals surface area contributed by atoms with E-state index < -0.39 is 12.1 Å². The number of ether oxygens (including phenoxy) is 1. The van der Waals surface area contributed by atoms with Crippen molar-refractivity contribution < 1.29 is 14.6 Å². The predicted molar refractivity (Wildman–Crippen MR) is 60.6 cm³/mol. The van der Waals surface area contributed by atoms with Gasteiger partial charge in [0.2, 0.25) is 0 Å². The van der Waals surface area contributed by atoms with Crippen molar-refractivity contribution >= 4 is 21.9 Å². The Morgan fingerprint density at radius 1 is 1.53 bits per heavy atom. The van der Waals surface area contributed by atoms with Crippen LogP contribution in [0.2, 0.25) is 0 Å². The van der Waals surface area contributed by atoms with E-state index in [9.17, 15) is 4.79 Å². The number of halogens is 1. The Balaban J connectivity index is 2.56. The zero-order valence-electron chi connectivity index (χ0n) is 8.44. The second kappa shape index (κ2) is 5.88. The summed E-state index contributed by atoms with van der Waals surface area (Å²) < 4.78 is 6.23. The van der Waals surface area contributed by atoms with E-state index in [1.807, 2.05) is 24.3 Å². The quantitative estimate of drug-likeness (QED) is 0.897. The van der Waals surface area contributed by atoms with E-state index in [1.54, 1.807) is 6.92 Å². The third-order valence-corrected chi connectivity index (χ3v) is 2.82. The third kappa shape index (κ3) is 3.64. The van der Waals surface area contributed by atoms with Gasteiger partial charge in [-0.05, 0) is 18.1 Å². The molecular formula is C11H13BrO3. The van der Waals surface area contributed by atoms with E-state index >= 15 is 0 Å². The summed E-state index contributed by atoms with van der Waals surface area (Å²) in [6.07, 6.45) is -0.253. The minimum Gasteiger partial charge on any atom is -0.479 e. The van der Waals surface area contributed by atoms with Crippen molar-refractivity contribution in [3.63, 3.8) is 0 Å². The predicted octanol–water partition coefficient (Wildman–Crippen LogP) is 2.83. The molecule has 0 fully saturated rings. The molecule has 0 amide bonds. The fourth-order valence-electron chi connectivity index (χ4n) is 1.17. The molecule has 0 saturated carbocycles. The van der Waals surface area contributed by atoms with Crippen molar-refractivity contribution in [2.75, 3.05) is 0 Å². The number of hydrogen-bond donors (Lipinski definition) is 1. The van der Waals surface area contributed by atoms with Gasteiger partial charge in [0.05, 0.1) is 6.61 Å². The van der Waals surface area contributed by atoms with Crippen molar-refractivity contribution in [1.29, 1.82) is 0 Å². The third-order valence-electron chi connectivity index (χ3n) is 2.04. The number of aliphatic carboxylic acids is 1. The van der Waals surface area contributed by atoms with E-state index in [-0.39, 0.29) is 0 Å². The lowest BCUT2D eigenvalue weighted by atomic mass is 10.2. The molecular weight excluding hydrogens is 260 g/mol. The van der Waals surface area contributed by atoms with Crippen LogP contribution < -0.4 is 0 Å². The smallest absolute Gasteiger partial charge is 0.332 e. The maximum absolute atomic E-state index is 10.7. The van der Waals surface area contributed by atoms with Gasteiger partial charge in [0.15, 0.2) is 6.10 Å². The molecule has 1 atom stereocenters. The summed E-state index contributed by atoms with van der Waals surface area (Å²) in [5, 5.41) is 8.78. The molecule has 0 spiro atoms. The van der Waals surface area contributed by atoms with Crippen molar-refractivity contribution in [2.24, 2.45) is 0 Å². The molecule has 0 radical (unpaired) electrons. The van der Waals surface area contributed by atoms with E-state index in [2.05, 4.69) is 15.9 Å². The SMILES string of the molecule is CCC(OCc1ccccc1Br)C(=O)O. The van der Waals surface area contributed by atoms with Crippen molar-refractivity contribution in [1.82, 2.24) is 0 Å². The van der Waals surface area contributed by atoms with Gasteiger partial charge in [0.25, 0.3) is 0 Å². The lowest BCUT2D eigenvalue weighted by Crippen LogP contribution is -2.22. The first-order valence-corrected chi connectivity index (χ1v) is 5.52. The first kappa shape index (κ1) is 12.2. The lowest BCUT2D eigenvalue weighted by Gasteiger charge is -2.12. The molecule has 0 saturated heterocycles. The van der Waals surface area contributed by atoms with E-state index in [0.29, 0.717) is 13.0 Å². The molecule has 0 aromatic heterocycles. The molecule has 0 bridgehead atoms. The molecule has 1 rings (SSSR count). The van der Waals surface area contributed by atoms with Crippen LogP contribution in [-0.2, 0) is 16.1 Å². The van der Waals surface area contributed by atoms with Crippen LogP contribution in [0.1, 0.15) is 18.9 Å². The summed E-state index contributed by atoms with van der Waals surface area (Å²) >= 11 is 3.38. The lowest BCUT2D eigenvalue weighted by molar-refractivity contribution is -0.151. The molecule has 1 aromatic carbocycles. The second-order valence-corrected chi connectivity index (χ2v) is 3.99. The van der Waals surface area contributed by atoms with Crippen LogP contribution in [-0.4, -0.2) is 17.2 Å². The van der Waals surface area contributed by atoms with Gasteiger partial charge < -0.3 is 9.84 Å². The molecule has 1 N–H and O–H groups in total. The molecule has 3 nitrogen and oxygen atoms in total.